The average Bonchev–Trinajstić information content (AvgIpc) is 2.97. The van der Waals surface area contributed by atoms with E-state index in [2.05, 4.69) is 31.3 Å². The number of carbonyl (C=O) groups is 1. The van der Waals surface area contributed by atoms with Gasteiger partial charge in [0.25, 0.3) is 0 Å². The number of quaternary nitrogens is 1. The van der Waals surface area contributed by atoms with Crippen LogP contribution in [0.1, 0.15) is 149 Å². The number of likely N-dealkylation sites (N-methyl/N-ethyl adjacent to an activating group) is 1. The van der Waals surface area contributed by atoms with Gasteiger partial charge in [0.15, 0.2) is 0 Å². The summed E-state index contributed by atoms with van der Waals surface area (Å²) in [6, 6.07) is -0.844. The minimum absolute atomic E-state index is 0.0603. The van der Waals surface area contributed by atoms with E-state index >= 15 is 0 Å². The first-order valence-corrected chi connectivity index (χ1v) is 19.7. The van der Waals surface area contributed by atoms with Gasteiger partial charge in [0.2, 0.25) is 5.91 Å². The molecule has 3 N–H and O–H groups in total. The Morgan fingerprint density at radius 3 is 1.80 bits per heavy atom. The minimum atomic E-state index is -4.32. The topological polar surface area (TPSA) is 105 Å². The highest BCUT2D eigenvalue weighted by Crippen LogP contribution is 2.43. The zero-order chi connectivity index (χ0) is 33.7. The predicted octanol–water partition coefficient (Wildman–Crippen LogP) is 9.02. The number of nitrogens with zero attached hydrogens (tertiary/aromatic N) is 1. The van der Waals surface area contributed by atoms with E-state index in [4.69, 9.17) is 9.05 Å². The van der Waals surface area contributed by atoms with Crippen molar-refractivity contribution >= 4 is 13.7 Å². The van der Waals surface area contributed by atoms with Gasteiger partial charge in [-0.3, -0.25) is 13.8 Å². The fraction of sp³-hybridized carbons (Fsp3) is 0.861. The van der Waals surface area contributed by atoms with Gasteiger partial charge in [-0.15, -0.1) is 0 Å². The fourth-order valence-electron chi connectivity index (χ4n) is 4.92. The van der Waals surface area contributed by atoms with Crippen LogP contribution < -0.4 is 5.32 Å². The van der Waals surface area contributed by atoms with E-state index in [0.29, 0.717) is 17.4 Å². The maximum absolute atomic E-state index is 12.7. The Bertz CT molecular complexity index is 799. The molecule has 45 heavy (non-hydrogen) atoms. The van der Waals surface area contributed by atoms with Crippen LogP contribution in [0.4, 0.5) is 0 Å². The normalized spacial score (nSPS) is 15.1. The molecular weight excluding hydrogens is 587 g/mol. The number of hydrogen-bond acceptors (Lipinski definition) is 5. The monoisotopic (exact) mass is 660 g/mol. The Kier molecular flexibility index (Phi) is 28.5. The summed E-state index contributed by atoms with van der Waals surface area (Å²) in [5, 5.41) is 13.7. The van der Waals surface area contributed by atoms with Crippen LogP contribution in [-0.2, 0) is 18.4 Å². The van der Waals surface area contributed by atoms with E-state index in [0.717, 1.165) is 57.8 Å². The van der Waals surface area contributed by atoms with Crippen molar-refractivity contribution in [3.8, 4) is 0 Å². The number of unbranched alkanes of at least 4 members (excludes halogenated alkanes) is 17. The summed E-state index contributed by atoms with van der Waals surface area (Å²) < 4.78 is 23.4. The summed E-state index contributed by atoms with van der Waals surface area (Å²) in [5.41, 5.74) is 0. The van der Waals surface area contributed by atoms with Gasteiger partial charge < -0.3 is 19.8 Å². The molecule has 0 radical (unpaired) electrons. The van der Waals surface area contributed by atoms with Crippen LogP contribution in [0.3, 0.4) is 0 Å². The van der Waals surface area contributed by atoms with Crippen LogP contribution in [0.5, 0.6) is 0 Å². The number of aliphatic hydroxyl groups excluding tert-OH is 1. The standard InChI is InChI=1S/C36H71N2O6P/c1-6-8-10-12-14-16-18-19-20-21-23-25-27-29-35(39)34(33-44-45(41,42)43-32-31-38(3,4)5)37-36(40)30-28-26-24-22-17-15-13-11-9-7-2/h11,13,27,29,34-35,39H,6-10,12,14-26,28,30-33H2,1-5H3,(H-,37,40,41,42)/p+1/b13-11-,29-27+. The maximum Gasteiger partial charge on any atom is 0.472 e. The van der Waals surface area contributed by atoms with Crippen LogP contribution in [0.2, 0.25) is 0 Å². The molecule has 0 aliphatic carbocycles. The number of nitrogens with one attached hydrogen (secondary N) is 1. The zero-order valence-corrected chi connectivity index (χ0v) is 30.8. The minimum Gasteiger partial charge on any atom is -0.387 e. The van der Waals surface area contributed by atoms with Crippen LogP contribution >= 0.6 is 7.82 Å². The van der Waals surface area contributed by atoms with Crippen molar-refractivity contribution in [1.82, 2.24) is 5.32 Å². The summed E-state index contributed by atoms with van der Waals surface area (Å²) in [5.74, 6) is -0.192. The molecule has 0 spiro atoms. The molecule has 9 heteroatoms. The SMILES string of the molecule is CCC/C=C\CCCCCCCC(=O)NC(COP(=O)(O)OCC[N+](C)(C)C)C(O)/C=C/CCCCCCCCCCCCC. The van der Waals surface area contributed by atoms with Crippen molar-refractivity contribution in [3.05, 3.63) is 24.3 Å². The lowest BCUT2D eigenvalue weighted by atomic mass is 10.0. The van der Waals surface area contributed by atoms with Crippen LogP contribution in [0.15, 0.2) is 24.3 Å². The van der Waals surface area contributed by atoms with Gasteiger partial charge in [-0.05, 0) is 38.5 Å². The number of phosphoric acid groups is 1. The molecule has 0 rings (SSSR count). The average molecular weight is 660 g/mol. The molecule has 0 aromatic heterocycles. The van der Waals surface area contributed by atoms with Gasteiger partial charge in [-0.2, -0.15) is 0 Å². The van der Waals surface area contributed by atoms with E-state index in [9.17, 15) is 19.4 Å². The molecule has 3 unspecified atom stereocenters. The third-order valence-corrected chi connectivity index (χ3v) is 8.88. The number of amides is 1. The van der Waals surface area contributed by atoms with Gasteiger partial charge in [-0.1, -0.05) is 128 Å². The predicted molar refractivity (Wildman–Crippen MR) is 189 cm³/mol. The van der Waals surface area contributed by atoms with Gasteiger partial charge in [-0.25, -0.2) is 4.57 Å². The molecule has 8 nitrogen and oxygen atoms in total. The first-order valence-electron chi connectivity index (χ1n) is 18.2. The van der Waals surface area contributed by atoms with Crippen molar-refractivity contribution in [2.45, 2.75) is 161 Å². The Balaban J connectivity index is 4.59. The molecule has 0 saturated heterocycles. The summed E-state index contributed by atoms with van der Waals surface area (Å²) in [4.78, 5) is 22.9. The summed E-state index contributed by atoms with van der Waals surface area (Å²) >= 11 is 0. The number of phosphoric ester groups is 1. The van der Waals surface area contributed by atoms with Crippen LogP contribution in [-0.4, -0.2) is 73.4 Å². The van der Waals surface area contributed by atoms with Gasteiger partial charge in [0, 0.05) is 6.42 Å². The Labute approximate surface area is 277 Å². The molecule has 0 aromatic rings. The fourth-order valence-corrected chi connectivity index (χ4v) is 5.66. The lowest BCUT2D eigenvalue weighted by Crippen LogP contribution is -2.45. The Morgan fingerprint density at radius 1 is 0.733 bits per heavy atom. The highest BCUT2D eigenvalue weighted by Gasteiger charge is 2.27. The molecule has 0 aliphatic heterocycles. The van der Waals surface area contributed by atoms with E-state index in [-0.39, 0.29) is 19.1 Å². The highest BCUT2D eigenvalue weighted by atomic mass is 31.2. The maximum atomic E-state index is 12.7. The quantitative estimate of drug-likeness (QED) is 0.0288. The van der Waals surface area contributed by atoms with Gasteiger partial charge >= 0.3 is 7.82 Å². The molecular formula is C36H72N2O6P+. The number of rotatable bonds is 32. The second-order valence-electron chi connectivity index (χ2n) is 13.6. The van der Waals surface area contributed by atoms with Gasteiger partial charge in [0.1, 0.15) is 13.2 Å². The van der Waals surface area contributed by atoms with Crippen LogP contribution in [0.25, 0.3) is 0 Å². The van der Waals surface area contributed by atoms with E-state index in [1.54, 1.807) is 6.08 Å². The molecule has 0 aromatic carbocycles. The van der Waals surface area contributed by atoms with Crippen molar-refractivity contribution < 1.29 is 32.9 Å². The van der Waals surface area contributed by atoms with Gasteiger partial charge in [0.05, 0.1) is 39.9 Å². The first-order chi connectivity index (χ1) is 21.5. The molecule has 3 atom stereocenters. The van der Waals surface area contributed by atoms with Crippen molar-refractivity contribution in [2.75, 3.05) is 40.9 Å². The lowest BCUT2D eigenvalue weighted by molar-refractivity contribution is -0.870. The Morgan fingerprint density at radius 2 is 1.24 bits per heavy atom. The first kappa shape index (κ1) is 44.0. The molecule has 0 saturated carbocycles. The number of hydrogen-bond donors (Lipinski definition) is 3. The zero-order valence-electron chi connectivity index (χ0n) is 29.9. The third-order valence-electron chi connectivity index (χ3n) is 7.90. The van der Waals surface area contributed by atoms with E-state index in [1.165, 1.54) is 70.6 Å². The second-order valence-corrected chi connectivity index (χ2v) is 15.0. The third kappa shape index (κ3) is 31.4. The molecule has 1 amide bonds. The Hall–Kier alpha value is -1.02. The van der Waals surface area contributed by atoms with Crippen molar-refractivity contribution in [1.29, 1.82) is 0 Å². The van der Waals surface area contributed by atoms with E-state index < -0.39 is 20.0 Å². The summed E-state index contributed by atoms with van der Waals surface area (Å²) in [6.45, 7) is 4.71. The van der Waals surface area contributed by atoms with E-state index in [1.807, 2.05) is 27.2 Å². The van der Waals surface area contributed by atoms with Crippen molar-refractivity contribution in [3.63, 3.8) is 0 Å². The lowest BCUT2D eigenvalue weighted by Gasteiger charge is -2.25. The molecule has 0 fully saturated rings. The highest BCUT2D eigenvalue weighted by molar-refractivity contribution is 7.47. The smallest absolute Gasteiger partial charge is 0.387 e. The van der Waals surface area contributed by atoms with Crippen LogP contribution in [0, 0.1) is 0 Å². The molecule has 0 bridgehead atoms. The molecule has 0 heterocycles. The summed E-state index contributed by atoms with van der Waals surface area (Å²) in [7, 11) is 1.56. The second kappa shape index (κ2) is 29.1. The largest absolute Gasteiger partial charge is 0.472 e. The van der Waals surface area contributed by atoms with Crippen molar-refractivity contribution in [2.24, 2.45) is 0 Å². The molecule has 266 valence electrons. The number of carbonyl (C=O) groups excluding carboxylic acids is 1. The number of allylic oxidation sites excluding steroid dienone is 3. The molecule has 0 aliphatic rings. The summed E-state index contributed by atoms with van der Waals surface area (Å²) in [6.07, 6.45) is 31.0. The number of aliphatic hydroxyl groups is 1.